The van der Waals surface area contributed by atoms with E-state index >= 15 is 0 Å². The van der Waals surface area contributed by atoms with Crippen LogP contribution in [0, 0.1) is 0 Å². The van der Waals surface area contributed by atoms with E-state index in [2.05, 4.69) is 5.32 Å². The first-order chi connectivity index (χ1) is 12.0. The van der Waals surface area contributed by atoms with Gasteiger partial charge in [-0.05, 0) is 49.6 Å². The van der Waals surface area contributed by atoms with Gasteiger partial charge in [0.05, 0.1) is 5.69 Å². The molecule has 0 bridgehead atoms. The third kappa shape index (κ3) is 5.99. The van der Waals surface area contributed by atoms with E-state index in [0.29, 0.717) is 16.5 Å². The molecule has 0 aliphatic rings. The molecule has 0 aliphatic carbocycles. The van der Waals surface area contributed by atoms with E-state index in [1.54, 1.807) is 37.3 Å². The number of esters is 1. The molecule has 0 fully saturated rings. The van der Waals surface area contributed by atoms with E-state index in [4.69, 9.17) is 21.1 Å². The number of carbonyl (C=O) groups is 2. The molecule has 132 valence electrons. The highest BCUT2D eigenvalue weighted by molar-refractivity contribution is 7.98. The van der Waals surface area contributed by atoms with Crippen molar-refractivity contribution in [2.24, 2.45) is 0 Å². The fourth-order valence-corrected chi connectivity index (χ4v) is 2.63. The second-order valence-corrected chi connectivity index (χ2v) is 6.35. The third-order valence-corrected chi connectivity index (χ3v) is 4.23. The number of nitrogens with one attached hydrogen (secondary N) is 1. The summed E-state index contributed by atoms with van der Waals surface area (Å²) in [5, 5.41) is 3.29. The van der Waals surface area contributed by atoms with E-state index in [-0.39, 0.29) is 6.61 Å². The number of para-hydroxylation sites is 1. The van der Waals surface area contributed by atoms with E-state index in [0.717, 1.165) is 4.90 Å². The van der Waals surface area contributed by atoms with Crippen LogP contribution in [-0.4, -0.2) is 30.8 Å². The van der Waals surface area contributed by atoms with Gasteiger partial charge in [-0.15, -0.1) is 11.8 Å². The smallest absolute Gasteiger partial charge is 0.347 e. The number of hydrogen-bond donors (Lipinski definition) is 1. The fourth-order valence-electron chi connectivity index (χ4n) is 1.95. The summed E-state index contributed by atoms with van der Waals surface area (Å²) in [6.07, 6.45) is 1.08. The summed E-state index contributed by atoms with van der Waals surface area (Å²) in [6, 6.07) is 14.0. The lowest BCUT2D eigenvalue weighted by Gasteiger charge is -2.14. The molecule has 0 spiro atoms. The summed E-state index contributed by atoms with van der Waals surface area (Å²) in [7, 11) is 0. The van der Waals surface area contributed by atoms with Crippen molar-refractivity contribution in [2.45, 2.75) is 17.9 Å². The van der Waals surface area contributed by atoms with Gasteiger partial charge in [0.1, 0.15) is 5.75 Å². The molecular weight excluding hydrogens is 362 g/mol. The standard InChI is InChI=1S/C18H18ClNO4S/c1-12(24-14-9-7-13(19)8-10-14)18(22)23-11-17(21)20-15-5-3-4-6-16(15)25-2/h3-10,12H,11H2,1-2H3,(H,20,21)/t12-/m1/s1. The molecule has 25 heavy (non-hydrogen) atoms. The van der Waals surface area contributed by atoms with Crippen molar-refractivity contribution >= 4 is 40.9 Å². The van der Waals surface area contributed by atoms with Crippen LogP contribution >= 0.6 is 23.4 Å². The van der Waals surface area contributed by atoms with Crippen LogP contribution in [0.5, 0.6) is 5.75 Å². The monoisotopic (exact) mass is 379 g/mol. The second-order valence-electron chi connectivity index (χ2n) is 5.07. The average molecular weight is 380 g/mol. The fraction of sp³-hybridized carbons (Fsp3) is 0.222. The third-order valence-electron chi connectivity index (χ3n) is 3.19. The lowest BCUT2D eigenvalue weighted by molar-refractivity contribution is -0.153. The Morgan fingerprint density at radius 3 is 2.52 bits per heavy atom. The molecule has 1 N–H and O–H groups in total. The van der Waals surface area contributed by atoms with Crippen LogP contribution in [0.25, 0.3) is 0 Å². The molecule has 1 amide bonds. The van der Waals surface area contributed by atoms with E-state index in [1.165, 1.54) is 11.8 Å². The van der Waals surface area contributed by atoms with Crippen LogP contribution < -0.4 is 10.1 Å². The first-order valence-corrected chi connectivity index (χ1v) is 9.11. The van der Waals surface area contributed by atoms with Gasteiger partial charge in [-0.1, -0.05) is 23.7 Å². The van der Waals surface area contributed by atoms with Crippen molar-refractivity contribution in [1.82, 2.24) is 0 Å². The number of hydrogen-bond acceptors (Lipinski definition) is 5. The van der Waals surface area contributed by atoms with Crippen molar-refractivity contribution in [3.05, 3.63) is 53.6 Å². The van der Waals surface area contributed by atoms with Gasteiger partial charge in [0.25, 0.3) is 5.91 Å². The first-order valence-electron chi connectivity index (χ1n) is 7.51. The van der Waals surface area contributed by atoms with Crippen LogP contribution in [0.3, 0.4) is 0 Å². The molecule has 0 saturated heterocycles. The van der Waals surface area contributed by atoms with Gasteiger partial charge in [-0.25, -0.2) is 4.79 Å². The minimum Gasteiger partial charge on any atom is -0.479 e. The predicted molar refractivity (Wildman–Crippen MR) is 99.4 cm³/mol. The Hall–Kier alpha value is -2.18. The molecule has 0 aromatic heterocycles. The number of ether oxygens (including phenoxy) is 2. The number of rotatable bonds is 7. The Morgan fingerprint density at radius 1 is 1.16 bits per heavy atom. The van der Waals surface area contributed by atoms with Gasteiger partial charge in [0.15, 0.2) is 12.7 Å². The Kier molecular flexibility index (Phi) is 7.16. The van der Waals surface area contributed by atoms with Crippen LogP contribution in [0.4, 0.5) is 5.69 Å². The highest BCUT2D eigenvalue weighted by Gasteiger charge is 2.18. The summed E-state index contributed by atoms with van der Waals surface area (Å²) in [5.74, 6) is -0.538. The quantitative estimate of drug-likeness (QED) is 0.581. The number of halogens is 1. The molecule has 1 atom stereocenters. The summed E-state index contributed by atoms with van der Waals surface area (Å²) in [6.45, 7) is 1.17. The molecule has 0 saturated carbocycles. The SMILES string of the molecule is CSc1ccccc1NC(=O)COC(=O)[C@@H](C)Oc1ccc(Cl)cc1. The molecule has 2 aromatic carbocycles. The van der Waals surface area contributed by atoms with Crippen LogP contribution in [0.15, 0.2) is 53.4 Å². The molecule has 7 heteroatoms. The molecule has 2 aromatic rings. The zero-order chi connectivity index (χ0) is 18.2. The number of anilines is 1. The van der Waals surface area contributed by atoms with Gasteiger partial charge in [-0.3, -0.25) is 4.79 Å². The predicted octanol–water partition coefficient (Wildman–Crippen LogP) is 4.01. The number of benzene rings is 2. The minimum atomic E-state index is -0.840. The second kappa shape index (κ2) is 9.34. The molecule has 2 rings (SSSR count). The Balaban J connectivity index is 1.82. The highest BCUT2D eigenvalue weighted by atomic mass is 35.5. The van der Waals surface area contributed by atoms with Crippen molar-refractivity contribution in [3.8, 4) is 5.75 Å². The number of amides is 1. The normalized spacial score (nSPS) is 11.5. The lowest BCUT2D eigenvalue weighted by Crippen LogP contribution is -2.29. The Morgan fingerprint density at radius 2 is 1.84 bits per heavy atom. The number of thioether (sulfide) groups is 1. The molecular formula is C18H18ClNO4S. The molecule has 0 unspecified atom stereocenters. The number of carbonyl (C=O) groups excluding carboxylic acids is 2. The lowest BCUT2D eigenvalue weighted by atomic mass is 10.3. The van der Waals surface area contributed by atoms with Gasteiger partial charge >= 0.3 is 5.97 Å². The zero-order valence-electron chi connectivity index (χ0n) is 13.8. The Bertz CT molecular complexity index is 736. The zero-order valence-corrected chi connectivity index (χ0v) is 15.4. The largest absolute Gasteiger partial charge is 0.479 e. The van der Waals surface area contributed by atoms with E-state index < -0.39 is 18.0 Å². The van der Waals surface area contributed by atoms with Gasteiger partial charge < -0.3 is 14.8 Å². The summed E-state index contributed by atoms with van der Waals surface area (Å²) >= 11 is 7.31. The van der Waals surface area contributed by atoms with Crippen LogP contribution in [-0.2, 0) is 14.3 Å². The topological polar surface area (TPSA) is 64.6 Å². The van der Waals surface area contributed by atoms with Crippen molar-refractivity contribution in [1.29, 1.82) is 0 Å². The molecule has 0 heterocycles. The van der Waals surface area contributed by atoms with Gasteiger partial charge in [-0.2, -0.15) is 0 Å². The maximum atomic E-state index is 12.0. The van der Waals surface area contributed by atoms with E-state index in [1.807, 2.05) is 24.5 Å². The van der Waals surface area contributed by atoms with Crippen molar-refractivity contribution in [3.63, 3.8) is 0 Å². The molecule has 0 aliphatic heterocycles. The Labute approximate surface area is 155 Å². The van der Waals surface area contributed by atoms with Crippen LogP contribution in [0.1, 0.15) is 6.92 Å². The minimum absolute atomic E-state index is 0.379. The first kappa shape index (κ1) is 19.1. The van der Waals surface area contributed by atoms with Crippen LogP contribution in [0.2, 0.25) is 5.02 Å². The van der Waals surface area contributed by atoms with Gasteiger partial charge in [0.2, 0.25) is 0 Å². The maximum Gasteiger partial charge on any atom is 0.347 e. The summed E-state index contributed by atoms with van der Waals surface area (Å²) in [5.41, 5.74) is 0.682. The molecule has 0 radical (unpaired) electrons. The van der Waals surface area contributed by atoms with Crippen molar-refractivity contribution < 1.29 is 19.1 Å². The highest BCUT2D eigenvalue weighted by Crippen LogP contribution is 2.24. The summed E-state index contributed by atoms with van der Waals surface area (Å²) in [4.78, 5) is 24.8. The maximum absolute atomic E-state index is 12.0. The van der Waals surface area contributed by atoms with Crippen molar-refractivity contribution in [2.75, 3.05) is 18.2 Å². The van der Waals surface area contributed by atoms with E-state index in [9.17, 15) is 9.59 Å². The summed E-state index contributed by atoms with van der Waals surface area (Å²) < 4.78 is 10.4. The van der Waals surface area contributed by atoms with Gasteiger partial charge in [0, 0.05) is 9.92 Å². The molecule has 5 nitrogen and oxygen atoms in total. The average Bonchev–Trinajstić information content (AvgIpc) is 2.62.